The summed E-state index contributed by atoms with van der Waals surface area (Å²) in [7, 11) is 0. The highest BCUT2D eigenvalue weighted by Gasteiger charge is 2.19. The molecule has 0 spiro atoms. The number of hydrogen-bond donors (Lipinski definition) is 3. The van der Waals surface area contributed by atoms with Crippen LogP contribution in [0.4, 0.5) is 5.69 Å². The van der Waals surface area contributed by atoms with Crippen LogP contribution in [0.3, 0.4) is 0 Å². The average Bonchev–Trinajstić information content (AvgIpc) is 2.80. The van der Waals surface area contributed by atoms with Crippen LogP contribution >= 0.6 is 0 Å². The fourth-order valence-corrected chi connectivity index (χ4v) is 2.76. The van der Waals surface area contributed by atoms with Gasteiger partial charge in [-0.05, 0) is 43.5 Å². The summed E-state index contributed by atoms with van der Waals surface area (Å²) in [5.41, 5.74) is 11.4. The van der Waals surface area contributed by atoms with Gasteiger partial charge in [0.25, 0.3) is 0 Å². The van der Waals surface area contributed by atoms with Crippen molar-refractivity contribution in [2.45, 2.75) is 33.1 Å². The monoisotopic (exact) mass is 297 g/mol. The Labute approximate surface area is 129 Å². The Morgan fingerprint density at radius 2 is 1.73 bits per heavy atom. The van der Waals surface area contributed by atoms with Crippen molar-refractivity contribution < 1.29 is 9.59 Å². The summed E-state index contributed by atoms with van der Waals surface area (Å²) in [6.07, 6.45) is 1.79. The molecule has 0 saturated carbocycles. The maximum absolute atomic E-state index is 11.6. The first-order valence-corrected chi connectivity index (χ1v) is 7.39. The molecule has 0 aromatic heterocycles. The number of amides is 1. The molecule has 5 heteroatoms. The predicted molar refractivity (Wildman–Crippen MR) is 85.5 cm³/mol. The molecule has 1 aliphatic heterocycles. The van der Waals surface area contributed by atoms with E-state index in [2.05, 4.69) is 16.2 Å². The number of ketones is 1. The minimum Gasteiger partial charge on any atom is -0.359 e. The third-order valence-electron chi connectivity index (χ3n) is 4.12. The second-order valence-electron chi connectivity index (χ2n) is 5.73. The van der Waals surface area contributed by atoms with E-state index in [-0.39, 0.29) is 11.7 Å². The second kappa shape index (κ2) is 5.67. The normalized spacial score (nSPS) is 18.5. The van der Waals surface area contributed by atoms with E-state index in [9.17, 15) is 9.59 Å². The van der Waals surface area contributed by atoms with Crippen molar-refractivity contribution in [3.05, 3.63) is 46.7 Å². The number of nitrogens with one attached hydrogen (secondary N) is 3. The predicted octanol–water partition coefficient (Wildman–Crippen LogP) is 2.49. The van der Waals surface area contributed by atoms with Gasteiger partial charge in [0.1, 0.15) is 0 Å². The number of carbonyl (C=O) groups excluding carboxylic acids is 2. The first kappa shape index (κ1) is 14.4. The SMILES string of the molecule is CC1=C(c2ccc(NC3=C(C)C(=O)CC3)cc2)NNC(=O)C1. The number of hydrazine groups is 1. The highest BCUT2D eigenvalue weighted by atomic mass is 16.2. The Hall–Kier alpha value is -2.56. The van der Waals surface area contributed by atoms with E-state index in [0.717, 1.165) is 40.2 Å². The molecule has 0 unspecified atom stereocenters. The molecule has 1 aliphatic carbocycles. The summed E-state index contributed by atoms with van der Waals surface area (Å²) in [6, 6.07) is 7.96. The quantitative estimate of drug-likeness (QED) is 0.801. The molecule has 1 heterocycles. The molecule has 1 amide bonds. The molecule has 22 heavy (non-hydrogen) atoms. The lowest BCUT2D eigenvalue weighted by atomic mass is 10.0. The summed E-state index contributed by atoms with van der Waals surface area (Å²) < 4.78 is 0. The van der Waals surface area contributed by atoms with Crippen molar-refractivity contribution in [1.29, 1.82) is 0 Å². The van der Waals surface area contributed by atoms with Gasteiger partial charge >= 0.3 is 0 Å². The minimum atomic E-state index is -0.0205. The van der Waals surface area contributed by atoms with Gasteiger partial charge in [0.15, 0.2) is 5.78 Å². The standard InChI is InChI=1S/C17H19N3O2/c1-10-9-16(22)19-20-17(10)12-3-5-13(6-4-12)18-14-7-8-15(21)11(14)2/h3-6,18,20H,7-9H2,1-2H3,(H,19,22). The topological polar surface area (TPSA) is 70.2 Å². The van der Waals surface area contributed by atoms with Crippen LogP contribution in [0.15, 0.2) is 41.1 Å². The number of Topliss-reactive ketones (excluding diaryl/α,β-unsaturated/α-hetero) is 1. The van der Waals surface area contributed by atoms with E-state index in [1.54, 1.807) is 0 Å². The highest BCUT2D eigenvalue weighted by molar-refractivity contribution is 5.98. The molecule has 3 N–H and O–H groups in total. The molecule has 0 fully saturated rings. The maximum atomic E-state index is 11.6. The van der Waals surface area contributed by atoms with Crippen molar-refractivity contribution in [1.82, 2.24) is 10.9 Å². The fraction of sp³-hybridized carbons (Fsp3) is 0.294. The molecule has 1 aromatic rings. The lowest BCUT2D eigenvalue weighted by Crippen LogP contribution is -2.40. The van der Waals surface area contributed by atoms with Gasteiger partial charge in [-0.1, -0.05) is 12.1 Å². The smallest absolute Gasteiger partial charge is 0.242 e. The van der Waals surface area contributed by atoms with Crippen molar-refractivity contribution in [2.24, 2.45) is 0 Å². The van der Waals surface area contributed by atoms with Gasteiger partial charge in [0.05, 0.1) is 12.1 Å². The number of allylic oxidation sites excluding steroid dienone is 2. The Balaban J connectivity index is 1.78. The summed E-state index contributed by atoms with van der Waals surface area (Å²) in [5.74, 6) is 0.204. The maximum Gasteiger partial charge on any atom is 0.242 e. The molecule has 5 nitrogen and oxygen atoms in total. The first-order chi connectivity index (χ1) is 10.5. The Morgan fingerprint density at radius 1 is 1.00 bits per heavy atom. The van der Waals surface area contributed by atoms with Crippen LogP contribution in [0.5, 0.6) is 0 Å². The van der Waals surface area contributed by atoms with Gasteiger partial charge in [-0.3, -0.25) is 20.4 Å². The van der Waals surface area contributed by atoms with E-state index in [4.69, 9.17) is 0 Å². The van der Waals surface area contributed by atoms with Gasteiger partial charge in [-0.25, -0.2) is 0 Å². The number of rotatable bonds is 3. The van der Waals surface area contributed by atoms with Crippen LogP contribution in [0.1, 0.15) is 38.7 Å². The Kier molecular flexibility index (Phi) is 3.71. The van der Waals surface area contributed by atoms with Crippen molar-refractivity contribution in [2.75, 3.05) is 5.32 Å². The van der Waals surface area contributed by atoms with Crippen molar-refractivity contribution in [3.63, 3.8) is 0 Å². The molecular weight excluding hydrogens is 278 g/mol. The van der Waals surface area contributed by atoms with Crippen LogP contribution in [0.25, 0.3) is 5.70 Å². The number of hydrogen-bond acceptors (Lipinski definition) is 4. The molecule has 114 valence electrons. The largest absolute Gasteiger partial charge is 0.359 e. The van der Waals surface area contributed by atoms with Gasteiger partial charge in [0, 0.05) is 23.4 Å². The summed E-state index contributed by atoms with van der Waals surface area (Å²) in [4.78, 5) is 22.9. The third-order valence-corrected chi connectivity index (χ3v) is 4.12. The van der Waals surface area contributed by atoms with Crippen LogP contribution < -0.4 is 16.2 Å². The summed E-state index contributed by atoms with van der Waals surface area (Å²) in [6.45, 7) is 3.82. The number of carbonyl (C=O) groups is 2. The lowest BCUT2D eigenvalue weighted by Gasteiger charge is -2.21. The van der Waals surface area contributed by atoms with Gasteiger partial charge < -0.3 is 5.32 Å². The lowest BCUT2D eigenvalue weighted by molar-refractivity contribution is -0.121. The van der Waals surface area contributed by atoms with Gasteiger partial charge in [-0.15, -0.1) is 0 Å². The highest BCUT2D eigenvalue weighted by Crippen LogP contribution is 2.26. The second-order valence-corrected chi connectivity index (χ2v) is 5.73. The zero-order valence-corrected chi connectivity index (χ0v) is 12.7. The fourth-order valence-electron chi connectivity index (χ4n) is 2.76. The molecule has 3 rings (SSSR count). The zero-order chi connectivity index (χ0) is 15.7. The zero-order valence-electron chi connectivity index (χ0n) is 12.7. The van der Waals surface area contributed by atoms with E-state index in [1.165, 1.54) is 0 Å². The average molecular weight is 297 g/mol. The number of anilines is 1. The van der Waals surface area contributed by atoms with Gasteiger partial charge in [-0.2, -0.15) is 0 Å². The Bertz CT molecular complexity index is 699. The van der Waals surface area contributed by atoms with Crippen molar-refractivity contribution >= 4 is 23.1 Å². The number of benzene rings is 1. The van der Waals surface area contributed by atoms with Gasteiger partial charge in [0.2, 0.25) is 5.91 Å². The third kappa shape index (κ3) is 2.74. The Morgan fingerprint density at radius 3 is 2.32 bits per heavy atom. The van der Waals surface area contributed by atoms with E-state index in [1.807, 2.05) is 38.1 Å². The summed E-state index contributed by atoms with van der Waals surface area (Å²) >= 11 is 0. The molecular formula is C17H19N3O2. The van der Waals surface area contributed by atoms with E-state index in [0.29, 0.717) is 12.8 Å². The molecule has 2 aliphatic rings. The van der Waals surface area contributed by atoms with Crippen LogP contribution in [-0.4, -0.2) is 11.7 Å². The van der Waals surface area contributed by atoms with Crippen molar-refractivity contribution in [3.8, 4) is 0 Å². The molecule has 0 radical (unpaired) electrons. The summed E-state index contributed by atoms with van der Waals surface area (Å²) in [5, 5.41) is 3.32. The molecule has 0 bridgehead atoms. The van der Waals surface area contributed by atoms with Crippen LogP contribution in [0.2, 0.25) is 0 Å². The molecule has 0 saturated heterocycles. The first-order valence-electron chi connectivity index (χ1n) is 7.39. The molecule has 0 atom stereocenters. The van der Waals surface area contributed by atoms with E-state index < -0.39 is 0 Å². The van der Waals surface area contributed by atoms with E-state index >= 15 is 0 Å². The van der Waals surface area contributed by atoms with Crippen LogP contribution in [0, 0.1) is 0 Å². The minimum absolute atomic E-state index is 0.0205. The van der Waals surface area contributed by atoms with Crippen LogP contribution in [-0.2, 0) is 9.59 Å². The molecule has 1 aromatic carbocycles.